The van der Waals surface area contributed by atoms with Crippen LogP contribution in [-0.2, 0) is 4.79 Å². The highest BCUT2D eigenvalue weighted by Gasteiger charge is 2.29. The maximum atomic E-state index is 13.6. The van der Waals surface area contributed by atoms with E-state index in [2.05, 4.69) is 15.2 Å². The number of likely N-dealkylation sites (tertiary alicyclic amines) is 1. The summed E-state index contributed by atoms with van der Waals surface area (Å²) >= 11 is 0. The quantitative estimate of drug-likeness (QED) is 0.933. The fourth-order valence-corrected chi connectivity index (χ4v) is 3.05. The van der Waals surface area contributed by atoms with Gasteiger partial charge in [-0.3, -0.25) is 9.69 Å². The number of nitrogens with zero attached hydrogens (tertiary/aromatic N) is 2. The van der Waals surface area contributed by atoms with E-state index in [0.717, 1.165) is 31.8 Å². The molecule has 5 nitrogen and oxygen atoms in total. The van der Waals surface area contributed by atoms with Gasteiger partial charge in [-0.15, -0.1) is 0 Å². The number of carbonyl (C=O) groups excluding carboxylic acids is 1. The summed E-state index contributed by atoms with van der Waals surface area (Å²) in [4.78, 5) is 18.8. The molecule has 0 saturated carbocycles. The first-order valence-electron chi connectivity index (χ1n) is 8.25. The van der Waals surface area contributed by atoms with Crippen LogP contribution in [0.15, 0.2) is 35.1 Å². The first-order valence-corrected chi connectivity index (χ1v) is 8.25. The molecule has 2 heterocycles. The molecule has 0 spiro atoms. The van der Waals surface area contributed by atoms with Crippen molar-refractivity contribution in [1.82, 2.24) is 9.88 Å². The molecule has 1 atom stereocenters. The fraction of sp³-hybridized carbons (Fsp3) is 0.444. The summed E-state index contributed by atoms with van der Waals surface area (Å²) in [7, 11) is 0. The van der Waals surface area contributed by atoms with E-state index in [0.29, 0.717) is 17.2 Å². The Kier molecular flexibility index (Phi) is 4.94. The molecule has 24 heavy (non-hydrogen) atoms. The number of hydrogen-bond acceptors (Lipinski definition) is 4. The second-order valence-electron chi connectivity index (χ2n) is 6.31. The molecule has 6 heteroatoms. The number of rotatable bonds is 4. The van der Waals surface area contributed by atoms with Crippen LogP contribution in [0.4, 0.5) is 10.1 Å². The van der Waals surface area contributed by atoms with E-state index in [1.54, 1.807) is 31.5 Å². The number of aromatic nitrogens is 1. The Balaban J connectivity index is 1.55. The number of aryl methyl sites for hydroxylation is 1. The number of benzene rings is 1. The van der Waals surface area contributed by atoms with E-state index < -0.39 is 0 Å². The number of carbonyl (C=O) groups is 1. The maximum absolute atomic E-state index is 13.6. The zero-order chi connectivity index (χ0) is 17.1. The Labute approximate surface area is 140 Å². The molecule has 1 aliphatic rings. The Bertz CT molecular complexity index is 694. The van der Waals surface area contributed by atoms with Gasteiger partial charge < -0.3 is 9.73 Å². The second kappa shape index (κ2) is 7.13. The zero-order valence-corrected chi connectivity index (χ0v) is 14.0. The lowest BCUT2D eigenvalue weighted by Crippen LogP contribution is -2.45. The highest BCUT2D eigenvalue weighted by molar-refractivity contribution is 5.94. The van der Waals surface area contributed by atoms with Gasteiger partial charge >= 0.3 is 0 Å². The topological polar surface area (TPSA) is 58.4 Å². The van der Waals surface area contributed by atoms with Gasteiger partial charge in [-0.1, -0.05) is 6.07 Å². The van der Waals surface area contributed by atoms with E-state index in [9.17, 15) is 9.18 Å². The van der Waals surface area contributed by atoms with Gasteiger partial charge in [-0.2, -0.15) is 0 Å². The van der Waals surface area contributed by atoms with Crippen LogP contribution < -0.4 is 5.32 Å². The van der Waals surface area contributed by atoms with Crippen LogP contribution in [0.2, 0.25) is 0 Å². The minimum Gasteiger partial charge on any atom is -0.449 e. The molecule has 0 bridgehead atoms. The molecular weight excluding hydrogens is 309 g/mol. The van der Waals surface area contributed by atoms with Gasteiger partial charge in [0, 0.05) is 11.6 Å². The van der Waals surface area contributed by atoms with Crippen LogP contribution in [0, 0.1) is 12.7 Å². The van der Waals surface area contributed by atoms with E-state index in [4.69, 9.17) is 4.42 Å². The number of piperidine rings is 1. The Morgan fingerprint density at radius 1 is 1.42 bits per heavy atom. The average Bonchev–Trinajstić information content (AvgIpc) is 3.12. The normalized spacial score (nSPS) is 17.6. The van der Waals surface area contributed by atoms with E-state index in [1.165, 1.54) is 6.07 Å². The minimum absolute atomic E-state index is 0.118. The van der Waals surface area contributed by atoms with Crippen LogP contribution in [0.3, 0.4) is 0 Å². The van der Waals surface area contributed by atoms with Crippen molar-refractivity contribution in [2.75, 3.05) is 18.4 Å². The third kappa shape index (κ3) is 3.64. The van der Waals surface area contributed by atoms with Gasteiger partial charge in [0.2, 0.25) is 5.91 Å². The fourth-order valence-electron chi connectivity index (χ4n) is 3.05. The van der Waals surface area contributed by atoms with Crippen molar-refractivity contribution in [3.8, 4) is 0 Å². The first-order chi connectivity index (χ1) is 11.5. The number of anilines is 1. The summed E-state index contributed by atoms with van der Waals surface area (Å²) < 4.78 is 19.0. The standard InChI is InChI=1S/C18H22FN3O2/c1-12-3-4-15(11-16(12)19)21-17(23)13(2)22-8-5-14(6-9-22)18-20-7-10-24-18/h3-4,7,10-11,13-14H,5-6,8-9H2,1-2H3,(H,21,23). The van der Waals surface area contributed by atoms with Gasteiger partial charge in [-0.05, 0) is 57.5 Å². The third-order valence-corrected chi connectivity index (χ3v) is 4.70. The van der Waals surface area contributed by atoms with Crippen molar-refractivity contribution < 1.29 is 13.6 Å². The van der Waals surface area contributed by atoms with Gasteiger partial charge in [0.15, 0.2) is 5.89 Å². The van der Waals surface area contributed by atoms with E-state index in [1.807, 2.05) is 6.92 Å². The van der Waals surface area contributed by atoms with E-state index in [-0.39, 0.29) is 17.8 Å². The summed E-state index contributed by atoms with van der Waals surface area (Å²) in [6.45, 7) is 5.20. The zero-order valence-electron chi connectivity index (χ0n) is 14.0. The molecule has 0 aliphatic carbocycles. The summed E-state index contributed by atoms with van der Waals surface area (Å²) in [5, 5.41) is 2.79. The van der Waals surface area contributed by atoms with Crippen molar-refractivity contribution in [2.45, 2.75) is 38.6 Å². The Morgan fingerprint density at radius 3 is 2.79 bits per heavy atom. The molecular formula is C18H22FN3O2. The first kappa shape index (κ1) is 16.6. The lowest BCUT2D eigenvalue weighted by molar-refractivity contribution is -0.121. The molecule has 1 aromatic carbocycles. The van der Waals surface area contributed by atoms with E-state index >= 15 is 0 Å². The third-order valence-electron chi connectivity index (χ3n) is 4.70. The molecule has 1 amide bonds. The van der Waals surface area contributed by atoms with Crippen LogP contribution >= 0.6 is 0 Å². The summed E-state index contributed by atoms with van der Waals surface area (Å²) in [6.07, 6.45) is 5.09. The van der Waals surface area contributed by atoms with Crippen molar-refractivity contribution in [3.05, 3.63) is 47.9 Å². The molecule has 3 rings (SSSR count). The van der Waals surface area contributed by atoms with Gasteiger partial charge in [-0.25, -0.2) is 9.37 Å². The number of amides is 1. The van der Waals surface area contributed by atoms with Crippen molar-refractivity contribution in [3.63, 3.8) is 0 Å². The van der Waals surface area contributed by atoms with Crippen molar-refractivity contribution in [2.24, 2.45) is 0 Å². The molecule has 1 fully saturated rings. The SMILES string of the molecule is Cc1ccc(NC(=O)C(C)N2CCC(c3ncco3)CC2)cc1F. The average molecular weight is 331 g/mol. The lowest BCUT2D eigenvalue weighted by Gasteiger charge is -2.34. The second-order valence-corrected chi connectivity index (χ2v) is 6.31. The lowest BCUT2D eigenvalue weighted by atomic mass is 9.95. The minimum atomic E-state index is -0.313. The van der Waals surface area contributed by atoms with Gasteiger partial charge in [0.25, 0.3) is 0 Å². The molecule has 2 aromatic rings. The highest BCUT2D eigenvalue weighted by atomic mass is 19.1. The molecule has 128 valence electrons. The largest absolute Gasteiger partial charge is 0.449 e. The van der Waals surface area contributed by atoms with Crippen LogP contribution in [0.5, 0.6) is 0 Å². The van der Waals surface area contributed by atoms with Crippen molar-refractivity contribution in [1.29, 1.82) is 0 Å². The Morgan fingerprint density at radius 2 is 2.17 bits per heavy atom. The summed E-state index contributed by atoms with van der Waals surface area (Å²) in [5.41, 5.74) is 1.05. The molecule has 1 aliphatic heterocycles. The maximum Gasteiger partial charge on any atom is 0.241 e. The monoisotopic (exact) mass is 331 g/mol. The molecule has 1 N–H and O–H groups in total. The smallest absolute Gasteiger partial charge is 0.241 e. The number of oxazole rings is 1. The van der Waals surface area contributed by atoms with Gasteiger partial charge in [0.05, 0.1) is 12.2 Å². The Hall–Kier alpha value is -2.21. The molecule has 1 saturated heterocycles. The summed E-state index contributed by atoms with van der Waals surface area (Å²) in [6, 6.07) is 4.48. The predicted molar refractivity (Wildman–Crippen MR) is 89.3 cm³/mol. The number of nitrogens with one attached hydrogen (secondary N) is 1. The van der Waals surface area contributed by atoms with Crippen molar-refractivity contribution >= 4 is 11.6 Å². The van der Waals surface area contributed by atoms with Gasteiger partial charge in [0.1, 0.15) is 12.1 Å². The number of hydrogen-bond donors (Lipinski definition) is 1. The number of halogens is 1. The highest BCUT2D eigenvalue weighted by Crippen LogP contribution is 2.27. The molecule has 1 unspecified atom stereocenters. The van der Waals surface area contributed by atoms with Crippen LogP contribution in [0.25, 0.3) is 0 Å². The molecule has 1 aromatic heterocycles. The van der Waals surface area contributed by atoms with Crippen LogP contribution in [0.1, 0.15) is 37.1 Å². The summed E-state index contributed by atoms with van der Waals surface area (Å²) in [5.74, 6) is 0.666. The predicted octanol–water partition coefficient (Wildman–Crippen LogP) is 3.33. The molecule has 0 radical (unpaired) electrons. The van der Waals surface area contributed by atoms with Crippen LogP contribution in [-0.4, -0.2) is 34.9 Å².